The van der Waals surface area contributed by atoms with Gasteiger partial charge in [-0.2, -0.15) is 13.2 Å². The molecule has 2 nitrogen and oxygen atoms in total. The lowest BCUT2D eigenvalue weighted by atomic mass is 10.2. The van der Waals surface area contributed by atoms with E-state index < -0.39 is 12.6 Å². The molecule has 0 bridgehead atoms. The minimum absolute atomic E-state index is 0.0181. The van der Waals surface area contributed by atoms with Gasteiger partial charge in [-0.3, -0.25) is 0 Å². The smallest absolute Gasteiger partial charge is 0.389 e. The first-order valence-electron chi connectivity index (χ1n) is 4.74. The molecule has 90 valence electrons. The fourth-order valence-corrected chi connectivity index (χ4v) is 1.44. The van der Waals surface area contributed by atoms with Gasteiger partial charge in [0.05, 0.1) is 10.7 Å². The standard InChI is InChI=1S/C10H12ClF3N2/c11-8-6-7(15)2-3-9(8)16-5-1-4-10(12,13)14/h2-3,6,16H,1,4-5,15H2. The molecule has 0 atom stereocenters. The highest BCUT2D eigenvalue weighted by molar-refractivity contribution is 6.33. The molecule has 0 amide bonds. The van der Waals surface area contributed by atoms with Crippen molar-refractivity contribution in [3.05, 3.63) is 23.2 Å². The number of benzene rings is 1. The average molecular weight is 253 g/mol. The molecule has 3 N–H and O–H groups in total. The fraction of sp³-hybridized carbons (Fsp3) is 0.400. The van der Waals surface area contributed by atoms with Crippen molar-refractivity contribution >= 4 is 23.0 Å². The molecule has 0 aliphatic heterocycles. The van der Waals surface area contributed by atoms with E-state index in [1.165, 1.54) is 0 Å². The Morgan fingerprint density at radius 3 is 2.56 bits per heavy atom. The number of nitrogens with two attached hydrogens (primary N) is 1. The predicted molar refractivity (Wildman–Crippen MR) is 59.6 cm³/mol. The van der Waals surface area contributed by atoms with Crippen LogP contribution in [0.15, 0.2) is 18.2 Å². The van der Waals surface area contributed by atoms with Crippen LogP contribution >= 0.6 is 11.6 Å². The van der Waals surface area contributed by atoms with Gasteiger partial charge in [0.2, 0.25) is 0 Å². The summed E-state index contributed by atoms with van der Waals surface area (Å²) in [6, 6.07) is 4.83. The van der Waals surface area contributed by atoms with Crippen LogP contribution in [-0.2, 0) is 0 Å². The highest BCUT2D eigenvalue weighted by Crippen LogP contribution is 2.25. The quantitative estimate of drug-likeness (QED) is 0.634. The molecule has 0 saturated heterocycles. The summed E-state index contributed by atoms with van der Waals surface area (Å²) >= 11 is 5.83. The Labute approximate surface area is 96.6 Å². The van der Waals surface area contributed by atoms with Crippen LogP contribution in [0.5, 0.6) is 0 Å². The van der Waals surface area contributed by atoms with E-state index in [1.807, 2.05) is 0 Å². The first-order chi connectivity index (χ1) is 7.38. The van der Waals surface area contributed by atoms with E-state index in [0.29, 0.717) is 16.4 Å². The van der Waals surface area contributed by atoms with E-state index in [2.05, 4.69) is 5.32 Å². The fourth-order valence-electron chi connectivity index (χ4n) is 1.19. The second kappa shape index (κ2) is 5.30. The van der Waals surface area contributed by atoms with Gasteiger partial charge in [-0.15, -0.1) is 0 Å². The molecule has 6 heteroatoms. The van der Waals surface area contributed by atoms with Crippen LogP contribution < -0.4 is 11.1 Å². The summed E-state index contributed by atoms with van der Waals surface area (Å²) in [4.78, 5) is 0. The van der Waals surface area contributed by atoms with Gasteiger partial charge in [-0.25, -0.2) is 0 Å². The van der Waals surface area contributed by atoms with Crippen molar-refractivity contribution in [1.82, 2.24) is 0 Å². The zero-order valence-electron chi connectivity index (χ0n) is 8.44. The Hall–Kier alpha value is -1.10. The minimum atomic E-state index is -4.10. The molecule has 0 spiro atoms. The predicted octanol–water partition coefficient (Wildman–Crippen LogP) is 3.68. The Bertz CT molecular complexity index is 352. The highest BCUT2D eigenvalue weighted by atomic mass is 35.5. The summed E-state index contributed by atoms with van der Waals surface area (Å²) in [5.41, 5.74) is 6.59. The third-order valence-electron chi connectivity index (χ3n) is 1.95. The number of hydrogen-bond acceptors (Lipinski definition) is 2. The zero-order valence-corrected chi connectivity index (χ0v) is 9.20. The summed E-state index contributed by atoms with van der Waals surface area (Å²) in [5, 5.41) is 3.23. The van der Waals surface area contributed by atoms with Crippen molar-refractivity contribution in [2.75, 3.05) is 17.6 Å². The van der Waals surface area contributed by atoms with Crippen LogP contribution in [0.3, 0.4) is 0 Å². The molecule has 0 aliphatic rings. The summed E-state index contributed by atoms with van der Waals surface area (Å²) in [7, 11) is 0. The molecule has 0 saturated carbocycles. The van der Waals surface area contributed by atoms with Gasteiger partial charge in [0, 0.05) is 18.7 Å². The maximum absolute atomic E-state index is 11.8. The topological polar surface area (TPSA) is 38.0 Å². The summed E-state index contributed by atoms with van der Waals surface area (Å²) in [5.74, 6) is 0. The third kappa shape index (κ3) is 4.61. The Morgan fingerprint density at radius 2 is 2.00 bits per heavy atom. The molecule has 1 aromatic carbocycles. The highest BCUT2D eigenvalue weighted by Gasteiger charge is 2.25. The van der Waals surface area contributed by atoms with Crippen molar-refractivity contribution in [3.8, 4) is 0 Å². The second-order valence-corrected chi connectivity index (χ2v) is 3.79. The van der Waals surface area contributed by atoms with Gasteiger partial charge in [-0.1, -0.05) is 11.6 Å². The molecule has 0 fully saturated rings. The molecule has 0 aromatic heterocycles. The van der Waals surface area contributed by atoms with E-state index in [4.69, 9.17) is 17.3 Å². The summed E-state index contributed by atoms with van der Waals surface area (Å²) in [6.45, 7) is 0.225. The maximum atomic E-state index is 11.8. The van der Waals surface area contributed by atoms with Crippen molar-refractivity contribution in [1.29, 1.82) is 0 Å². The van der Waals surface area contributed by atoms with E-state index in [-0.39, 0.29) is 13.0 Å². The molecule has 1 rings (SSSR count). The molecule has 0 unspecified atom stereocenters. The summed E-state index contributed by atoms with van der Waals surface area (Å²) in [6.07, 6.45) is -4.89. The van der Waals surface area contributed by atoms with Crippen molar-refractivity contribution in [2.24, 2.45) is 0 Å². The molecular weight excluding hydrogens is 241 g/mol. The number of rotatable bonds is 4. The van der Waals surface area contributed by atoms with Crippen LogP contribution in [0.25, 0.3) is 0 Å². The molecule has 16 heavy (non-hydrogen) atoms. The minimum Gasteiger partial charge on any atom is -0.399 e. The van der Waals surface area contributed by atoms with Gasteiger partial charge in [0.1, 0.15) is 0 Å². The zero-order chi connectivity index (χ0) is 12.2. The number of alkyl halides is 3. The average Bonchev–Trinajstić information content (AvgIpc) is 2.13. The van der Waals surface area contributed by atoms with E-state index in [0.717, 1.165) is 0 Å². The van der Waals surface area contributed by atoms with Gasteiger partial charge < -0.3 is 11.1 Å². The van der Waals surface area contributed by atoms with E-state index in [1.54, 1.807) is 18.2 Å². The van der Waals surface area contributed by atoms with Crippen molar-refractivity contribution < 1.29 is 13.2 Å². The van der Waals surface area contributed by atoms with E-state index in [9.17, 15) is 13.2 Å². The van der Waals surface area contributed by atoms with Gasteiger partial charge in [-0.05, 0) is 24.6 Å². The molecule has 0 heterocycles. The van der Waals surface area contributed by atoms with Crippen molar-refractivity contribution in [3.63, 3.8) is 0 Å². The SMILES string of the molecule is Nc1ccc(NCCCC(F)(F)F)c(Cl)c1. The van der Waals surface area contributed by atoms with Crippen LogP contribution in [0, 0.1) is 0 Å². The number of nitrogen functional groups attached to an aromatic ring is 1. The number of halogens is 4. The number of nitrogens with one attached hydrogen (secondary N) is 1. The van der Waals surface area contributed by atoms with Gasteiger partial charge in [0.15, 0.2) is 0 Å². The Balaban J connectivity index is 2.38. The van der Waals surface area contributed by atoms with Crippen molar-refractivity contribution in [2.45, 2.75) is 19.0 Å². The second-order valence-electron chi connectivity index (χ2n) is 3.38. The van der Waals surface area contributed by atoms with Gasteiger partial charge in [0.25, 0.3) is 0 Å². The first kappa shape index (κ1) is 13.0. The van der Waals surface area contributed by atoms with E-state index >= 15 is 0 Å². The lowest BCUT2D eigenvalue weighted by Crippen LogP contribution is -2.11. The first-order valence-corrected chi connectivity index (χ1v) is 5.12. The number of anilines is 2. The normalized spacial score (nSPS) is 11.5. The Morgan fingerprint density at radius 1 is 1.31 bits per heavy atom. The molecule has 0 radical (unpaired) electrons. The van der Waals surface area contributed by atoms with Gasteiger partial charge >= 0.3 is 6.18 Å². The van der Waals surface area contributed by atoms with Crippen LogP contribution in [0.2, 0.25) is 5.02 Å². The molecule has 0 aliphatic carbocycles. The molecule has 1 aromatic rings. The largest absolute Gasteiger partial charge is 0.399 e. The van der Waals surface area contributed by atoms with Crippen LogP contribution in [0.1, 0.15) is 12.8 Å². The van der Waals surface area contributed by atoms with Crippen LogP contribution in [-0.4, -0.2) is 12.7 Å². The van der Waals surface area contributed by atoms with Crippen LogP contribution in [0.4, 0.5) is 24.5 Å². The monoisotopic (exact) mass is 252 g/mol. The number of hydrogen-bond donors (Lipinski definition) is 2. The lowest BCUT2D eigenvalue weighted by Gasteiger charge is -2.10. The Kier molecular flexibility index (Phi) is 4.29. The third-order valence-corrected chi connectivity index (χ3v) is 2.26. The summed E-state index contributed by atoms with van der Waals surface area (Å²) < 4.78 is 35.5. The lowest BCUT2D eigenvalue weighted by molar-refractivity contribution is -0.134. The maximum Gasteiger partial charge on any atom is 0.389 e. The molecular formula is C10H12ClF3N2.